The highest BCUT2D eigenvalue weighted by Gasteiger charge is 2.32. The highest BCUT2D eigenvalue weighted by atomic mass is 16.5. The lowest BCUT2D eigenvalue weighted by Crippen LogP contribution is -2.48. The highest BCUT2D eigenvalue weighted by molar-refractivity contribution is 6.09. The van der Waals surface area contributed by atoms with Crippen LogP contribution in [0.5, 0.6) is 5.75 Å². The van der Waals surface area contributed by atoms with Crippen LogP contribution in [0.25, 0.3) is 11.1 Å². The number of likely N-dealkylation sites (tertiary alicyclic amines) is 2. The Hall–Kier alpha value is -4.36. The van der Waals surface area contributed by atoms with Crippen molar-refractivity contribution in [3.8, 4) is 16.9 Å². The number of hydrogen-bond acceptors (Lipinski definition) is 4. The first kappa shape index (κ1) is 29.4. The van der Waals surface area contributed by atoms with E-state index < -0.39 is 0 Å². The Morgan fingerprint density at radius 2 is 1.49 bits per heavy atom. The lowest BCUT2D eigenvalue weighted by Gasteiger charge is -2.40. The average Bonchev–Trinajstić information content (AvgIpc) is 3.41. The number of anilines is 1. The molecule has 45 heavy (non-hydrogen) atoms. The summed E-state index contributed by atoms with van der Waals surface area (Å²) in [5.74, 6) is 0.552. The number of piperidine rings is 2. The van der Waals surface area contributed by atoms with Gasteiger partial charge in [-0.3, -0.25) is 9.59 Å². The summed E-state index contributed by atoms with van der Waals surface area (Å²) in [5.41, 5.74) is 7.09. The van der Waals surface area contributed by atoms with Crippen LogP contribution in [0.1, 0.15) is 69.8 Å². The minimum absolute atomic E-state index is 0.0874. The van der Waals surface area contributed by atoms with Gasteiger partial charge in [0.2, 0.25) is 0 Å². The molecule has 0 radical (unpaired) electrons. The molecule has 3 aromatic carbocycles. The van der Waals surface area contributed by atoms with Crippen LogP contribution in [0.15, 0.2) is 78.9 Å². The van der Waals surface area contributed by atoms with Crippen molar-refractivity contribution >= 4 is 17.5 Å². The van der Waals surface area contributed by atoms with E-state index in [9.17, 15) is 9.59 Å². The first-order chi connectivity index (χ1) is 22.0. The number of nitrogens with zero attached hydrogens (tertiary/aromatic N) is 4. The lowest BCUT2D eigenvalue weighted by molar-refractivity contribution is 0.0580. The van der Waals surface area contributed by atoms with Gasteiger partial charge < -0.3 is 24.0 Å². The molecular weight excluding hydrogens is 560 g/mol. The zero-order chi connectivity index (χ0) is 30.9. The first-order valence-corrected chi connectivity index (χ1v) is 16.4. The molecule has 3 aliphatic rings. The van der Waals surface area contributed by atoms with Crippen molar-refractivity contribution in [2.24, 2.45) is 0 Å². The summed E-state index contributed by atoms with van der Waals surface area (Å²) < 4.78 is 8.00. The fourth-order valence-corrected chi connectivity index (χ4v) is 7.61. The Labute approximate surface area is 266 Å². The summed E-state index contributed by atoms with van der Waals surface area (Å²) in [6.07, 6.45) is 6.00. The van der Waals surface area contributed by atoms with Crippen LogP contribution in [0.4, 0.5) is 5.69 Å². The summed E-state index contributed by atoms with van der Waals surface area (Å²) >= 11 is 0. The minimum Gasteiger partial charge on any atom is -0.496 e. The lowest BCUT2D eigenvalue weighted by atomic mass is 9.96. The SMILES string of the molecule is COc1c(C(=O)N2Cc3ccc(C(=O)N4CCC(N5CCCCC5)CC4)n3Cc3ccccc32)ccc(-c2ccccc2)c1C. The molecule has 0 atom stereocenters. The molecule has 0 unspecified atom stereocenters. The summed E-state index contributed by atoms with van der Waals surface area (Å²) in [5, 5.41) is 0. The topological polar surface area (TPSA) is 58.0 Å². The molecule has 4 heterocycles. The molecule has 0 spiro atoms. The third kappa shape index (κ3) is 5.54. The van der Waals surface area contributed by atoms with E-state index in [2.05, 4.69) is 27.7 Å². The maximum absolute atomic E-state index is 14.4. The standard InChI is InChI=1S/C38H42N4O3/c1-27-32(28-11-5-3-6-12-28)16-17-33(36(27)45-2)37(43)42-26-31-15-18-35(41(31)25-29-13-7-8-14-34(29)42)38(44)40-23-19-30(20-24-40)39-21-9-4-10-22-39/h3,5-8,11-18,30H,4,9-10,19-26H2,1-2H3. The maximum atomic E-state index is 14.4. The van der Waals surface area contributed by atoms with Gasteiger partial charge in [0, 0.05) is 30.5 Å². The van der Waals surface area contributed by atoms with Crippen molar-refractivity contribution < 1.29 is 14.3 Å². The number of benzene rings is 3. The quantitative estimate of drug-likeness (QED) is 0.253. The molecule has 0 aliphatic carbocycles. The molecule has 2 amide bonds. The van der Waals surface area contributed by atoms with E-state index in [1.165, 1.54) is 32.4 Å². The number of fused-ring (bicyclic) bond motifs is 2. The second-order valence-corrected chi connectivity index (χ2v) is 12.6. The van der Waals surface area contributed by atoms with Gasteiger partial charge in [-0.15, -0.1) is 0 Å². The fraction of sp³-hybridized carbons (Fsp3) is 0.368. The normalized spacial score (nSPS) is 17.4. The third-order valence-electron chi connectivity index (χ3n) is 10.1. The van der Waals surface area contributed by atoms with Crippen molar-refractivity contribution in [1.82, 2.24) is 14.4 Å². The first-order valence-electron chi connectivity index (χ1n) is 16.4. The van der Waals surface area contributed by atoms with E-state index in [1.54, 1.807) is 7.11 Å². The van der Waals surface area contributed by atoms with Crippen LogP contribution < -0.4 is 9.64 Å². The van der Waals surface area contributed by atoms with E-state index in [-0.39, 0.29) is 11.8 Å². The van der Waals surface area contributed by atoms with Gasteiger partial charge in [-0.05, 0) is 92.2 Å². The van der Waals surface area contributed by atoms with Crippen LogP contribution in [-0.2, 0) is 13.1 Å². The van der Waals surface area contributed by atoms with E-state index in [1.807, 2.05) is 77.4 Å². The van der Waals surface area contributed by atoms with Crippen LogP contribution in [-0.4, -0.2) is 65.5 Å². The number of ether oxygens (including phenoxy) is 1. The van der Waals surface area contributed by atoms with Gasteiger partial charge in [0.1, 0.15) is 11.4 Å². The number of aromatic nitrogens is 1. The molecule has 4 aromatic rings. The molecule has 1 aromatic heterocycles. The second-order valence-electron chi connectivity index (χ2n) is 12.6. The summed E-state index contributed by atoms with van der Waals surface area (Å²) in [4.78, 5) is 34.9. The molecule has 7 nitrogen and oxygen atoms in total. The van der Waals surface area contributed by atoms with Crippen LogP contribution in [0, 0.1) is 6.92 Å². The number of para-hydroxylation sites is 1. The molecule has 2 saturated heterocycles. The summed E-state index contributed by atoms with van der Waals surface area (Å²) in [7, 11) is 1.63. The number of rotatable bonds is 5. The highest BCUT2D eigenvalue weighted by Crippen LogP contribution is 2.37. The molecule has 0 saturated carbocycles. The van der Waals surface area contributed by atoms with Gasteiger partial charge in [0.05, 0.1) is 25.8 Å². The monoisotopic (exact) mass is 602 g/mol. The zero-order valence-electron chi connectivity index (χ0n) is 26.4. The van der Waals surface area contributed by atoms with Gasteiger partial charge in [-0.25, -0.2) is 0 Å². The van der Waals surface area contributed by atoms with Crippen LogP contribution in [0.2, 0.25) is 0 Å². The van der Waals surface area contributed by atoms with Gasteiger partial charge in [0.25, 0.3) is 11.8 Å². The Morgan fingerprint density at radius 1 is 0.756 bits per heavy atom. The predicted molar refractivity (Wildman–Crippen MR) is 178 cm³/mol. The van der Waals surface area contributed by atoms with E-state index in [0.717, 1.165) is 59.6 Å². The fourth-order valence-electron chi connectivity index (χ4n) is 7.61. The van der Waals surface area contributed by atoms with E-state index in [0.29, 0.717) is 36.1 Å². The number of methoxy groups -OCH3 is 1. The Bertz CT molecular complexity index is 1700. The van der Waals surface area contributed by atoms with Crippen molar-refractivity contribution in [3.05, 3.63) is 107 Å². The predicted octanol–water partition coefficient (Wildman–Crippen LogP) is 6.77. The third-order valence-corrected chi connectivity index (χ3v) is 10.1. The molecule has 0 bridgehead atoms. The van der Waals surface area contributed by atoms with Crippen molar-refractivity contribution in [3.63, 3.8) is 0 Å². The van der Waals surface area contributed by atoms with Gasteiger partial charge in [0.15, 0.2) is 0 Å². The zero-order valence-corrected chi connectivity index (χ0v) is 26.4. The molecule has 3 aliphatic heterocycles. The van der Waals surface area contributed by atoms with Crippen LogP contribution >= 0.6 is 0 Å². The van der Waals surface area contributed by atoms with Gasteiger partial charge >= 0.3 is 0 Å². The molecular formula is C38H42N4O3. The molecule has 232 valence electrons. The number of hydrogen-bond donors (Lipinski definition) is 0. The molecule has 2 fully saturated rings. The van der Waals surface area contributed by atoms with Crippen molar-refractivity contribution in [2.45, 2.75) is 58.2 Å². The largest absolute Gasteiger partial charge is 0.496 e. The Balaban J connectivity index is 1.16. The number of carbonyl (C=O) groups is 2. The summed E-state index contributed by atoms with van der Waals surface area (Å²) in [6, 6.07) is 26.6. The molecule has 7 rings (SSSR count). The van der Waals surface area contributed by atoms with Crippen molar-refractivity contribution in [2.75, 3.05) is 38.2 Å². The smallest absolute Gasteiger partial charge is 0.270 e. The number of carbonyl (C=O) groups excluding carboxylic acids is 2. The second kappa shape index (κ2) is 12.6. The van der Waals surface area contributed by atoms with Crippen molar-refractivity contribution in [1.29, 1.82) is 0 Å². The van der Waals surface area contributed by atoms with Crippen LogP contribution in [0.3, 0.4) is 0 Å². The Kier molecular flexibility index (Phi) is 8.19. The molecule has 7 heteroatoms. The van der Waals surface area contributed by atoms with E-state index >= 15 is 0 Å². The Morgan fingerprint density at radius 3 is 2.24 bits per heavy atom. The summed E-state index contributed by atoms with van der Waals surface area (Å²) in [6.45, 7) is 6.88. The maximum Gasteiger partial charge on any atom is 0.270 e. The number of amides is 2. The van der Waals surface area contributed by atoms with Gasteiger partial charge in [-0.2, -0.15) is 0 Å². The minimum atomic E-state index is -0.121. The average molecular weight is 603 g/mol. The van der Waals surface area contributed by atoms with E-state index in [4.69, 9.17) is 4.74 Å². The van der Waals surface area contributed by atoms with Gasteiger partial charge in [-0.1, -0.05) is 61.0 Å². The molecule has 0 N–H and O–H groups in total.